The van der Waals surface area contributed by atoms with Crippen LogP contribution in [-0.2, 0) is 10.0 Å². The number of benzene rings is 1. The molecule has 0 amide bonds. The summed E-state index contributed by atoms with van der Waals surface area (Å²) < 4.78 is 28.4. The Bertz CT molecular complexity index is 935. The number of hydrogen-bond acceptors (Lipinski definition) is 4. The molecule has 150 valence electrons. The Morgan fingerprint density at radius 1 is 0.964 bits per heavy atom. The maximum atomic E-state index is 13.4. The lowest BCUT2D eigenvalue weighted by Gasteiger charge is -2.35. The normalized spacial score (nSPS) is 21.2. The van der Waals surface area contributed by atoms with Gasteiger partial charge in [0.15, 0.2) is 0 Å². The number of nitrogens with zero attached hydrogens (tertiary/aromatic N) is 3. The van der Waals surface area contributed by atoms with Crippen LogP contribution in [0.5, 0.6) is 0 Å². The van der Waals surface area contributed by atoms with Crippen molar-refractivity contribution in [2.45, 2.75) is 56.9 Å². The van der Waals surface area contributed by atoms with Gasteiger partial charge in [0.25, 0.3) is 0 Å². The minimum Gasteiger partial charge on any atom is -0.357 e. The van der Waals surface area contributed by atoms with Crippen molar-refractivity contribution in [2.75, 3.05) is 24.5 Å². The van der Waals surface area contributed by atoms with E-state index in [0.717, 1.165) is 54.9 Å². The van der Waals surface area contributed by atoms with E-state index >= 15 is 0 Å². The van der Waals surface area contributed by atoms with Gasteiger partial charge in [-0.1, -0.05) is 24.1 Å². The maximum Gasteiger partial charge on any atom is 0.243 e. The number of pyridine rings is 1. The minimum absolute atomic E-state index is 0.139. The number of hydrogen-bond donors (Lipinski definition) is 0. The molecule has 0 radical (unpaired) electrons. The largest absolute Gasteiger partial charge is 0.357 e. The van der Waals surface area contributed by atoms with E-state index in [0.29, 0.717) is 11.4 Å². The quantitative estimate of drug-likeness (QED) is 0.773. The Labute approximate surface area is 168 Å². The summed E-state index contributed by atoms with van der Waals surface area (Å²) in [5.74, 6) is 1.02. The molecule has 6 heteroatoms. The molecular weight excluding hydrogens is 370 g/mol. The van der Waals surface area contributed by atoms with E-state index in [1.807, 2.05) is 25.3 Å². The van der Waals surface area contributed by atoms with Gasteiger partial charge in [0, 0.05) is 25.8 Å². The van der Waals surface area contributed by atoms with E-state index in [1.54, 1.807) is 16.4 Å². The molecule has 0 saturated carbocycles. The van der Waals surface area contributed by atoms with Crippen LogP contribution in [0.1, 0.15) is 54.8 Å². The minimum atomic E-state index is -3.52. The van der Waals surface area contributed by atoms with Crippen molar-refractivity contribution in [2.24, 2.45) is 0 Å². The fourth-order valence-electron chi connectivity index (χ4n) is 4.37. The van der Waals surface area contributed by atoms with E-state index in [1.165, 1.54) is 12.8 Å². The highest BCUT2D eigenvalue weighted by Gasteiger charge is 2.35. The molecule has 0 bridgehead atoms. The second kappa shape index (κ2) is 7.84. The molecule has 0 spiro atoms. The average molecular weight is 400 g/mol. The molecule has 1 atom stereocenters. The molecule has 28 heavy (non-hydrogen) atoms. The Kier molecular flexibility index (Phi) is 5.43. The van der Waals surface area contributed by atoms with Gasteiger partial charge in [-0.2, -0.15) is 4.31 Å². The first kappa shape index (κ1) is 19.4. The number of rotatable bonds is 4. The van der Waals surface area contributed by atoms with Crippen molar-refractivity contribution in [3.8, 4) is 0 Å². The maximum absolute atomic E-state index is 13.4. The highest BCUT2D eigenvalue weighted by Crippen LogP contribution is 2.37. The van der Waals surface area contributed by atoms with Crippen LogP contribution in [0.15, 0.2) is 41.4 Å². The van der Waals surface area contributed by atoms with E-state index in [2.05, 4.69) is 17.9 Å². The van der Waals surface area contributed by atoms with Gasteiger partial charge in [0.1, 0.15) is 5.82 Å². The zero-order valence-electron chi connectivity index (χ0n) is 16.8. The van der Waals surface area contributed by atoms with Crippen LogP contribution in [0.25, 0.3) is 0 Å². The van der Waals surface area contributed by atoms with Gasteiger partial charge in [0.2, 0.25) is 10.0 Å². The highest BCUT2D eigenvalue weighted by atomic mass is 32.2. The molecule has 2 aliphatic heterocycles. The molecule has 4 rings (SSSR count). The van der Waals surface area contributed by atoms with Gasteiger partial charge in [-0.25, -0.2) is 13.4 Å². The lowest BCUT2D eigenvalue weighted by atomic mass is 9.95. The van der Waals surface area contributed by atoms with E-state index in [-0.39, 0.29) is 6.04 Å². The fraction of sp³-hybridized carbons (Fsp3) is 0.500. The molecule has 2 fully saturated rings. The monoisotopic (exact) mass is 399 g/mol. The summed E-state index contributed by atoms with van der Waals surface area (Å²) >= 11 is 0. The average Bonchev–Trinajstić information content (AvgIpc) is 3.23. The molecule has 0 N–H and O–H groups in total. The zero-order valence-corrected chi connectivity index (χ0v) is 17.6. The molecule has 2 saturated heterocycles. The molecule has 1 aromatic heterocycles. The van der Waals surface area contributed by atoms with Gasteiger partial charge in [-0.05, 0) is 68.9 Å². The summed E-state index contributed by atoms with van der Waals surface area (Å²) in [6, 6.07) is 9.16. The van der Waals surface area contributed by atoms with Crippen LogP contribution in [0.4, 0.5) is 5.82 Å². The van der Waals surface area contributed by atoms with Crippen molar-refractivity contribution >= 4 is 15.8 Å². The van der Waals surface area contributed by atoms with Crippen molar-refractivity contribution in [3.63, 3.8) is 0 Å². The van der Waals surface area contributed by atoms with Crippen LogP contribution in [0, 0.1) is 13.8 Å². The fourth-order valence-corrected chi connectivity index (χ4v) is 6.04. The summed E-state index contributed by atoms with van der Waals surface area (Å²) in [5.41, 5.74) is 3.23. The first-order valence-electron chi connectivity index (χ1n) is 10.3. The van der Waals surface area contributed by atoms with Crippen LogP contribution >= 0.6 is 0 Å². The SMILES string of the molecule is Cc1ccc(S(=O)(=O)N2CCCC[C@@H]2c2cnc(N3CCCC3)cc2C)cc1. The molecule has 0 aliphatic carbocycles. The van der Waals surface area contributed by atoms with Gasteiger partial charge in [0.05, 0.1) is 10.9 Å². The summed E-state index contributed by atoms with van der Waals surface area (Å²) in [5, 5.41) is 0. The second-order valence-electron chi connectivity index (χ2n) is 8.03. The number of anilines is 1. The van der Waals surface area contributed by atoms with Crippen LogP contribution in [0.3, 0.4) is 0 Å². The van der Waals surface area contributed by atoms with Crippen molar-refractivity contribution in [1.29, 1.82) is 0 Å². The molecular formula is C22H29N3O2S. The molecule has 3 heterocycles. The van der Waals surface area contributed by atoms with E-state index < -0.39 is 10.0 Å². The number of sulfonamides is 1. The Hall–Kier alpha value is -1.92. The van der Waals surface area contributed by atoms with Crippen LogP contribution < -0.4 is 4.90 Å². The lowest BCUT2D eigenvalue weighted by molar-refractivity contribution is 0.255. The van der Waals surface area contributed by atoms with Gasteiger partial charge in [-0.15, -0.1) is 0 Å². The Morgan fingerprint density at radius 3 is 2.32 bits per heavy atom. The van der Waals surface area contributed by atoms with Crippen molar-refractivity contribution in [1.82, 2.24) is 9.29 Å². The van der Waals surface area contributed by atoms with Crippen molar-refractivity contribution < 1.29 is 8.42 Å². The summed E-state index contributed by atoms with van der Waals surface area (Å²) in [4.78, 5) is 7.40. The molecule has 2 aliphatic rings. The van der Waals surface area contributed by atoms with Crippen LogP contribution in [0.2, 0.25) is 0 Å². The first-order valence-corrected chi connectivity index (χ1v) is 11.7. The summed E-state index contributed by atoms with van der Waals surface area (Å²) in [6.07, 6.45) is 7.13. The number of aryl methyl sites for hydroxylation is 2. The molecule has 2 aromatic rings. The highest BCUT2D eigenvalue weighted by molar-refractivity contribution is 7.89. The van der Waals surface area contributed by atoms with Gasteiger partial charge in [-0.3, -0.25) is 0 Å². The molecule has 5 nitrogen and oxygen atoms in total. The first-order chi connectivity index (χ1) is 13.5. The predicted molar refractivity (Wildman–Crippen MR) is 112 cm³/mol. The summed E-state index contributed by atoms with van der Waals surface area (Å²) in [7, 11) is -3.52. The molecule has 1 aromatic carbocycles. The third-order valence-electron chi connectivity index (χ3n) is 6.01. The number of piperidine rings is 1. The third-order valence-corrected chi connectivity index (χ3v) is 7.93. The van der Waals surface area contributed by atoms with Gasteiger partial charge >= 0.3 is 0 Å². The van der Waals surface area contributed by atoms with Gasteiger partial charge < -0.3 is 4.90 Å². The third kappa shape index (κ3) is 3.67. The summed E-state index contributed by atoms with van der Waals surface area (Å²) in [6.45, 7) is 6.74. The zero-order chi connectivity index (χ0) is 19.7. The Morgan fingerprint density at radius 2 is 1.64 bits per heavy atom. The standard InChI is InChI=1S/C22H29N3O2S/c1-17-8-10-19(11-9-17)28(26,27)25-14-4-3-7-21(25)20-16-23-22(15-18(20)2)24-12-5-6-13-24/h8-11,15-16,21H,3-7,12-14H2,1-2H3/t21-/m1/s1. The van der Waals surface area contributed by atoms with Crippen molar-refractivity contribution in [3.05, 3.63) is 53.2 Å². The predicted octanol–water partition coefficient (Wildman–Crippen LogP) is 4.21. The lowest BCUT2D eigenvalue weighted by Crippen LogP contribution is -2.38. The van der Waals surface area contributed by atoms with Crippen LogP contribution in [-0.4, -0.2) is 37.3 Å². The molecule has 0 unspecified atom stereocenters. The van der Waals surface area contributed by atoms with E-state index in [9.17, 15) is 8.42 Å². The topological polar surface area (TPSA) is 53.5 Å². The number of aromatic nitrogens is 1. The smallest absolute Gasteiger partial charge is 0.243 e. The Balaban J connectivity index is 1.66. The van der Waals surface area contributed by atoms with E-state index in [4.69, 9.17) is 4.98 Å². The second-order valence-corrected chi connectivity index (χ2v) is 9.92.